The van der Waals surface area contributed by atoms with Crippen molar-refractivity contribution in [3.63, 3.8) is 0 Å². The molecule has 0 aliphatic heterocycles. The predicted octanol–water partition coefficient (Wildman–Crippen LogP) is 2.86. The Morgan fingerprint density at radius 3 is 2.43 bits per heavy atom. The van der Waals surface area contributed by atoms with Crippen LogP contribution in [0.4, 0.5) is 0 Å². The van der Waals surface area contributed by atoms with E-state index < -0.39 is 10.0 Å². The van der Waals surface area contributed by atoms with Gasteiger partial charge in [0, 0.05) is 10.9 Å². The summed E-state index contributed by atoms with van der Waals surface area (Å²) in [6, 6.07) is 9.64. The number of hydrogen-bond donors (Lipinski definition) is 1. The third-order valence-electron chi connectivity index (χ3n) is 4.37. The summed E-state index contributed by atoms with van der Waals surface area (Å²) in [5.41, 5.74) is 3.79. The maximum absolute atomic E-state index is 12.1. The van der Waals surface area contributed by atoms with Crippen LogP contribution in [0.3, 0.4) is 0 Å². The summed E-state index contributed by atoms with van der Waals surface area (Å²) in [7, 11) is -3.73. The molecule has 0 fully saturated rings. The van der Waals surface area contributed by atoms with Gasteiger partial charge in [-0.25, -0.2) is 13.6 Å². The molecule has 2 N–H and O–H groups in total. The average Bonchev–Trinajstić information content (AvgIpc) is 3.00. The molecule has 0 bridgehead atoms. The molecule has 1 aromatic heterocycles. The molecule has 0 spiro atoms. The van der Waals surface area contributed by atoms with Gasteiger partial charge < -0.3 is 13.9 Å². The summed E-state index contributed by atoms with van der Waals surface area (Å²) in [5.74, 6) is 0.0734. The number of esters is 1. The first-order valence-corrected chi connectivity index (χ1v) is 10.2. The zero-order valence-electron chi connectivity index (χ0n) is 15.6. The zero-order chi connectivity index (χ0) is 20.3. The third-order valence-corrected chi connectivity index (χ3v) is 5.30. The smallest absolute Gasteiger partial charge is 0.310 e. The molecule has 8 heteroatoms. The minimum Gasteiger partial charge on any atom is -0.490 e. The molecule has 7 nitrogen and oxygen atoms in total. The molecule has 0 radical (unpaired) electrons. The summed E-state index contributed by atoms with van der Waals surface area (Å²) in [6.45, 7) is 4.24. The molecular formula is C20H21NO6S. The van der Waals surface area contributed by atoms with Crippen LogP contribution in [0, 0.1) is 13.8 Å². The zero-order valence-corrected chi connectivity index (χ0v) is 16.4. The molecule has 3 aromatic rings. The van der Waals surface area contributed by atoms with Crippen LogP contribution in [-0.2, 0) is 26.0 Å². The lowest BCUT2D eigenvalue weighted by Crippen LogP contribution is -2.14. The number of carbonyl (C=O) groups excluding carboxylic acids is 1. The number of aryl methyl sites for hydroxylation is 2. The van der Waals surface area contributed by atoms with Gasteiger partial charge in [0.25, 0.3) is 0 Å². The summed E-state index contributed by atoms with van der Waals surface area (Å²) in [4.78, 5) is 12.1. The van der Waals surface area contributed by atoms with E-state index in [0.29, 0.717) is 5.75 Å². The van der Waals surface area contributed by atoms with Crippen molar-refractivity contribution in [2.24, 2.45) is 5.14 Å². The number of benzene rings is 2. The molecule has 1 heterocycles. The number of fused-ring (bicyclic) bond motifs is 1. The predicted molar refractivity (Wildman–Crippen MR) is 104 cm³/mol. The Morgan fingerprint density at radius 1 is 1.07 bits per heavy atom. The van der Waals surface area contributed by atoms with Gasteiger partial charge in [0.2, 0.25) is 10.0 Å². The lowest BCUT2D eigenvalue weighted by molar-refractivity contribution is -0.143. The Morgan fingerprint density at radius 2 is 1.75 bits per heavy atom. The first-order chi connectivity index (χ1) is 13.2. The summed E-state index contributed by atoms with van der Waals surface area (Å²) < 4.78 is 38.5. The highest BCUT2D eigenvalue weighted by Gasteiger charge is 2.13. The van der Waals surface area contributed by atoms with Crippen molar-refractivity contribution in [1.82, 2.24) is 0 Å². The molecule has 0 atom stereocenters. The quantitative estimate of drug-likeness (QED) is 0.480. The lowest BCUT2D eigenvalue weighted by Gasteiger charge is -2.08. The van der Waals surface area contributed by atoms with E-state index >= 15 is 0 Å². The number of sulfonamides is 1. The van der Waals surface area contributed by atoms with Gasteiger partial charge in [-0.05, 0) is 61.4 Å². The van der Waals surface area contributed by atoms with Crippen molar-refractivity contribution in [3.05, 3.63) is 59.4 Å². The van der Waals surface area contributed by atoms with Gasteiger partial charge in [-0.1, -0.05) is 0 Å². The summed E-state index contributed by atoms with van der Waals surface area (Å²) >= 11 is 0. The van der Waals surface area contributed by atoms with Crippen molar-refractivity contribution in [2.45, 2.75) is 25.2 Å². The van der Waals surface area contributed by atoms with E-state index in [1.54, 1.807) is 6.26 Å². The fourth-order valence-corrected chi connectivity index (χ4v) is 3.24. The number of rotatable bonds is 7. The maximum atomic E-state index is 12.1. The minimum atomic E-state index is -3.73. The standard InChI is InChI=1S/C20H21NO6S/c1-13-9-18-15(12-27-19(18)10-14(13)2)11-20(22)26-8-7-25-16-3-5-17(6-4-16)28(21,23)24/h3-6,9-10,12H,7-8,11H2,1-2H3,(H2,21,23,24). The van der Waals surface area contributed by atoms with Crippen LogP contribution in [0.1, 0.15) is 16.7 Å². The van der Waals surface area contributed by atoms with Gasteiger partial charge in [0.15, 0.2) is 0 Å². The van der Waals surface area contributed by atoms with Crippen LogP contribution in [0.25, 0.3) is 11.0 Å². The molecule has 0 aliphatic rings. The second-order valence-electron chi connectivity index (χ2n) is 6.46. The number of hydrogen-bond acceptors (Lipinski definition) is 6. The van der Waals surface area contributed by atoms with Gasteiger partial charge in [-0.2, -0.15) is 0 Å². The Hall–Kier alpha value is -2.84. The molecule has 0 saturated carbocycles. The van der Waals surface area contributed by atoms with E-state index in [1.165, 1.54) is 24.3 Å². The van der Waals surface area contributed by atoms with Gasteiger partial charge in [-0.15, -0.1) is 0 Å². The molecule has 0 unspecified atom stereocenters. The largest absolute Gasteiger partial charge is 0.490 e. The number of carbonyl (C=O) groups is 1. The van der Waals surface area contributed by atoms with E-state index in [2.05, 4.69) is 0 Å². The number of nitrogens with two attached hydrogens (primary N) is 1. The van der Waals surface area contributed by atoms with Crippen molar-refractivity contribution >= 4 is 27.0 Å². The SMILES string of the molecule is Cc1cc2occ(CC(=O)OCCOc3ccc(S(N)(=O)=O)cc3)c2cc1C. The number of primary sulfonamides is 1. The number of furan rings is 1. The fourth-order valence-electron chi connectivity index (χ4n) is 2.72. The molecule has 28 heavy (non-hydrogen) atoms. The van der Waals surface area contributed by atoms with E-state index in [0.717, 1.165) is 27.7 Å². The van der Waals surface area contributed by atoms with E-state index in [9.17, 15) is 13.2 Å². The van der Waals surface area contributed by atoms with E-state index in [1.807, 2.05) is 26.0 Å². The van der Waals surface area contributed by atoms with Crippen molar-refractivity contribution in [2.75, 3.05) is 13.2 Å². The van der Waals surface area contributed by atoms with Crippen LogP contribution in [0.5, 0.6) is 5.75 Å². The lowest BCUT2D eigenvalue weighted by atomic mass is 10.0. The average molecular weight is 403 g/mol. The Bertz CT molecular complexity index is 1100. The van der Waals surface area contributed by atoms with Crippen molar-refractivity contribution in [3.8, 4) is 5.75 Å². The third kappa shape index (κ3) is 4.71. The Labute approximate surface area is 163 Å². The molecule has 0 saturated heterocycles. The summed E-state index contributed by atoms with van der Waals surface area (Å²) in [5, 5.41) is 5.94. The second-order valence-corrected chi connectivity index (χ2v) is 8.02. The van der Waals surface area contributed by atoms with Crippen LogP contribution in [0.15, 0.2) is 52.0 Å². The van der Waals surface area contributed by atoms with Crippen LogP contribution >= 0.6 is 0 Å². The van der Waals surface area contributed by atoms with Gasteiger partial charge in [-0.3, -0.25) is 4.79 Å². The fraction of sp³-hybridized carbons (Fsp3) is 0.250. The van der Waals surface area contributed by atoms with Gasteiger partial charge in [0.05, 0.1) is 17.6 Å². The van der Waals surface area contributed by atoms with Gasteiger partial charge >= 0.3 is 5.97 Å². The van der Waals surface area contributed by atoms with Crippen LogP contribution in [-0.4, -0.2) is 27.6 Å². The molecule has 2 aromatic carbocycles. The van der Waals surface area contributed by atoms with Crippen LogP contribution in [0.2, 0.25) is 0 Å². The van der Waals surface area contributed by atoms with Crippen molar-refractivity contribution < 1.29 is 27.1 Å². The second kappa shape index (κ2) is 8.04. The molecule has 148 valence electrons. The molecule has 3 rings (SSSR count). The highest BCUT2D eigenvalue weighted by Crippen LogP contribution is 2.25. The molecule has 0 aliphatic carbocycles. The Kier molecular flexibility index (Phi) is 5.71. The minimum absolute atomic E-state index is 0.00375. The monoisotopic (exact) mass is 403 g/mol. The molecular weight excluding hydrogens is 382 g/mol. The van der Waals surface area contributed by atoms with E-state index in [-0.39, 0.29) is 30.5 Å². The maximum Gasteiger partial charge on any atom is 0.310 e. The molecule has 0 amide bonds. The first kappa shape index (κ1) is 19.9. The summed E-state index contributed by atoms with van der Waals surface area (Å²) in [6.07, 6.45) is 1.69. The van der Waals surface area contributed by atoms with E-state index in [4.69, 9.17) is 19.0 Å². The number of ether oxygens (including phenoxy) is 2. The van der Waals surface area contributed by atoms with Crippen LogP contribution < -0.4 is 9.88 Å². The Balaban J connectivity index is 1.49. The first-order valence-electron chi connectivity index (χ1n) is 8.62. The van der Waals surface area contributed by atoms with Crippen molar-refractivity contribution in [1.29, 1.82) is 0 Å². The normalized spacial score (nSPS) is 11.5. The highest BCUT2D eigenvalue weighted by molar-refractivity contribution is 7.89. The highest BCUT2D eigenvalue weighted by atomic mass is 32.2. The topological polar surface area (TPSA) is 109 Å². The van der Waals surface area contributed by atoms with Gasteiger partial charge in [0.1, 0.15) is 24.5 Å².